The predicted octanol–water partition coefficient (Wildman–Crippen LogP) is 4.91. The van der Waals surface area contributed by atoms with Crippen molar-refractivity contribution >= 4 is 29.0 Å². The molecule has 0 aliphatic heterocycles. The van der Waals surface area contributed by atoms with Crippen molar-refractivity contribution in [3.63, 3.8) is 0 Å². The van der Waals surface area contributed by atoms with E-state index in [2.05, 4.69) is 0 Å². The lowest BCUT2D eigenvalue weighted by Crippen LogP contribution is -2.03. The zero-order valence-corrected chi connectivity index (χ0v) is 12.1. The molecule has 0 radical (unpaired) electrons. The van der Waals surface area contributed by atoms with E-state index >= 15 is 0 Å². The summed E-state index contributed by atoms with van der Waals surface area (Å²) in [5.41, 5.74) is 0.682. The van der Waals surface area contributed by atoms with Gasteiger partial charge in [0.1, 0.15) is 18.2 Å². The highest BCUT2D eigenvalue weighted by Crippen LogP contribution is 2.25. The van der Waals surface area contributed by atoms with Gasteiger partial charge < -0.3 is 4.74 Å². The van der Waals surface area contributed by atoms with E-state index in [4.69, 9.17) is 27.9 Å². The van der Waals surface area contributed by atoms with Gasteiger partial charge in [0.2, 0.25) is 0 Å². The number of rotatable bonds is 4. The van der Waals surface area contributed by atoms with Crippen molar-refractivity contribution < 1.29 is 13.9 Å². The van der Waals surface area contributed by atoms with Gasteiger partial charge in [-0.25, -0.2) is 4.39 Å². The Morgan fingerprint density at radius 3 is 2.50 bits per heavy atom. The Labute approximate surface area is 126 Å². The molecule has 0 atom stereocenters. The fraction of sp³-hybridized carbons (Fsp3) is 0.133. The number of benzene rings is 2. The molecule has 0 amide bonds. The summed E-state index contributed by atoms with van der Waals surface area (Å²) in [5, 5.41) is 0.865. The normalized spacial score (nSPS) is 10.4. The third-order valence-corrected chi connectivity index (χ3v) is 3.18. The molecule has 20 heavy (non-hydrogen) atoms. The molecule has 2 nitrogen and oxygen atoms in total. The van der Waals surface area contributed by atoms with Gasteiger partial charge in [0.15, 0.2) is 5.78 Å². The monoisotopic (exact) mass is 312 g/mol. The van der Waals surface area contributed by atoms with Crippen LogP contribution in [0.2, 0.25) is 10.0 Å². The number of ketones is 1. The van der Waals surface area contributed by atoms with Crippen LogP contribution in [0.15, 0.2) is 36.4 Å². The number of hydrogen-bond donors (Lipinski definition) is 0. The average Bonchev–Trinajstić information content (AvgIpc) is 2.40. The van der Waals surface area contributed by atoms with Crippen LogP contribution in [0.5, 0.6) is 5.75 Å². The third-order valence-electron chi connectivity index (χ3n) is 2.71. The summed E-state index contributed by atoms with van der Waals surface area (Å²) < 4.78 is 19.1. The Hall–Kier alpha value is -1.58. The number of carbonyl (C=O) groups is 1. The Morgan fingerprint density at radius 2 is 1.80 bits per heavy atom. The number of Topliss-reactive ketones (excluding diaryl/α,β-unsaturated/α-hetero) is 1. The van der Waals surface area contributed by atoms with Crippen LogP contribution in [-0.4, -0.2) is 5.78 Å². The van der Waals surface area contributed by atoms with Crippen molar-refractivity contribution in [1.82, 2.24) is 0 Å². The minimum absolute atomic E-state index is 0.0195. The van der Waals surface area contributed by atoms with Crippen molar-refractivity contribution in [3.8, 4) is 5.75 Å². The minimum Gasteiger partial charge on any atom is -0.488 e. The maximum Gasteiger partial charge on any atom is 0.163 e. The first-order valence-electron chi connectivity index (χ1n) is 5.84. The van der Waals surface area contributed by atoms with E-state index in [9.17, 15) is 9.18 Å². The van der Waals surface area contributed by atoms with Crippen LogP contribution < -0.4 is 4.74 Å². The van der Waals surface area contributed by atoms with Crippen LogP contribution in [0.1, 0.15) is 22.8 Å². The molecule has 0 N–H and O–H groups in total. The molecule has 0 heterocycles. The highest BCUT2D eigenvalue weighted by molar-refractivity contribution is 6.31. The second-order valence-electron chi connectivity index (χ2n) is 4.22. The fourth-order valence-electron chi connectivity index (χ4n) is 1.71. The van der Waals surface area contributed by atoms with Crippen LogP contribution >= 0.6 is 23.2 Å². The van der Waals surface area contributed by atoms with Gasteiger partial charge in [-0.3, -0.25) is 4.79 Å². The molecule has 0 aliphatic carbocycles. The molecular formula is C15H11Cl2FO2. The fourth-order valence-corrected chi connectivity index (χ4v) is 2.08. The molecule has 0 saturated carbocycles. The molecule has 2 rings (SSSR count). The molecule has 0 unspecified atom stereocenters. The first-order valence-corrected chi connectivity index (χ1v) is 6.60. The van der Waals surface area contributed by atoms with Gasteiger partial charge >= 0.3 is 0 Å². The summed E-state index contributed by atoms with van der Waals surface area (Å²) in [5.74, 6) is -0.219. The maximum atomic E-state index is 13.6. The molecule has 5 heteroatoms. The quantitative estimate of drug-likeness (QED) is 0.749. The van der Waals surface area contributed by atoms with E-state index in [1.165, 1.54) is 31.2 Å². The van der Waals surface area contributed by atoms with Crippen molar-refractivity contribution in [2.45, 2.75) is 13.5 Å². The molecule has 2 aromatic rings. The van der Waals surface area contributed by atoms with Gasteiger partial charge in [0.25, 0.3) is 0 Å². The molecular weight excluding hydrogens is 302 g/mol. The number of hydrogen-bond acceptors (Lipinski definition) is 2. The summed E-state index contributed by atoms with van der Waals surface area (Å²) in [7, 11) is 0. The van der Waals surface area contributed by atoms with Gasteiger partial charge in [-0.05, 0) is 43.3 Å². The third kappa shape index (κ3) is 3.50. The van der Waals surface area contributed by atoms with Gasteiger partial charge in [-0.15, -0.1) is 0 Å². The van der Waals surface area contributed by atoms with E-state index < -0.39 is 5.82 Å². The highest BCUT2D eigenvalue weighted by atomic mass is 35.5. The Bertz CT molecular complexity index is 656. The van der Waals surface area contributed by atoms with Crippen molar-refractivity contribution in [2.24, 2.45) is 0 Å². The molecule has 0 spiro atoms. The minimum atomic E-state index is -0.410. The van der Waals surface area contributed by atoms with Crippen molar-refractivity contribution in [1.29, 1.82) is 0 Å². The zero-order valence-electron chi connectivity index (χ0n) is 10.6. The van der Waals surface area contributed by atoms with Crippen LogP contribution in [0.25, 0.3) is 0 Å². The van der Waals surface area contributed by atoms with Crippen LogP contribution in [0.3, 0.4) is 0 Å². The number of carbonyl (C=O) groups excluding carboxylic acids is 1. The summed E-state index contributed by atoms with van der Waals surface area (Å²) in [4.78, 5) is 11.5. The summed E-state index contributed by atoms with van der Waals surface area (Å²) in [6.45, 7) is 1.40. The molecule has 2 aromatic carbocycles. The van der Waals surface area contributed by atoms with Crippen molar-refractivity contribution in [3.05, 3.63) is 63.4 Å². The first kappa shape index (κ1) is 14.8. The lowest BCUT2D eigenvalue weighted by atomic mass is 10.1. The lowest BCUT2D eigenvalue weighted by molar-refractivity contribution is 0.101. The number of halogens is 3. The standard InChI is InChI=1S/C15H11Cl2FO2/c1-9(19)13-7-12(17)3-5-15(13)20-8-10-6-11(16)2-4-14(10)18/h2-7H,8H2,1H3. The largest absolute Gasteiger partial charge is 0.488 e. The smallest absolute Gasteiger partial charge is 0.163 e. The first-order chi connectivity index (χ1) is 9.47. The van der Waals surface area contributed by atoms with E-state index in [0.717, 1.165) is 0 Å². The number of ether oxygens (including phenoxy) is 1. The molecule has 0 fully saturated rings. The molecule has 0 aliphatic rings. The highest BCUT2D eigenvalue weighted by Gasteiger charge is 2.11. The van der Waals surface area contributed by atoms with Gasteiger partial charge in [-0.1, -0.05) is 23.2 Å². The lowest BCUT2D eigenvalue weighted by Gasteiger charge is -2.11. The second kappa shape index (κ2) is 6.25. The predicted molar refractivity (Wildman–Crippen MR) is 77.2 cm³/mol. The molecule has 0 saturated heterocycles. The Balaban J connectivity index is 2.23. The van der Waals surface area contributed by atoms with Crippen LogP contribution in [0, 0.1) is 5.82 Å². The zero-order chi connectivity index (χ0) is 14.7. The Morgan fingerprint density at radius 1 is 1.15 bits per heavy atom. The average molecular weight is 313 g/mol. The van der Waals surface area contributed by atoms with E-state index in [0.29, 0.717) is 26.9 Å². The topological polar surface area (TPSA) is 26.3 Å². The van der Waals surface area contributed by atoms with Gasteiger partial charge in [-0.2, -0.15) is 0 Å². The summed E-state index contributed by atoms with van der Waals surface area (Å²) in [6, 6.07) is 8.94. The van der Waals surface area contributed by atoms with Crippen LogP contribution in [0.4, 0.5) is 4.39 Å². The second-order valence-corrected chi connectivity index (χ2v) is 5.09. The SMILES string of the molecule is CC(=O)c1cc(Cl)ccc1OCc1cc(Cl)ccc1F. The molecule has 104 valence electrons. The summed E-state index contributed by atoms with van der Waals surface area (Å²) >= 11 is 11.6. The Kier molecular flexibility index (Phi) is 4.63. The summed E-state index contributed by atoms with van der Waals surface area (Å²) in [6.07, 6.45) is 0. The van der Waals surface area contributed by atoms with Crippen LogP contribution in [-0.2, 0) is 6.61 Å². The van der Waals surface area contributed by atoms with E-state index in [1.54, 1.807) is 12.1 Å². The van der Waals surface area contributed by atoms with E-state index in [1.807, 2.05) is 0 Å². The maximum absolute atomic E-state index is 13.6. The van der Waals surface area contributed by atoms with Crippen molar-refractivity contribution in [2.75, 3.05) is 0 Å². The molecule has 0 aromatic heterocycles. The van der Waals surface area contributed by atoms with Gasteiger partial charge in [0, 0.05) is 15.6 Å². The van der Waals surface area contributed by atoms with Gasteiger partial charge in [0.05, 0.1) is 5.56 Å². The molecule has 0 bridgehead atoms. The van der Waals surface area contributed by atoms with E-state index in [-0.39, 0.29) is 12.4 Å².